The number of allylic oxidation sites excluding steroid dienone is 1. The van der Waals surface area contributed by atoms with Crippen LogP contribution in [0.5, 0.6) is 5.75 Å². The third-order valence-corrected chi connectivity index (χ3v) is 4.04. The average Bonchev–Trinajstić information content (AvgIpc) is 2.66. The van der Waals surface area contributed by atoms with Crippen LogP contribution in [0.3, 0.4) is 0 Å². The summed E-state index contributed by atoms with van der Waals surface area (Å²) in [7, 11) is 0. The van der Waals surface area contributed by atoms with E-state index in [1.54, 1.807) is 25.1 Å². The first-order valence-corrected chi connectivity index (χ1v) is 8.27. The van der Waals surface area contributed by atoms with Crippen molar-refractivity contribution in [3.8, 4) is 16.9 Å². The molecule has 2 heterocycles. The number of fused-ring (bicyclic) bond motifs is 1. The van der Waals surface area contributed by atoms with Gasteiger partial charge in [-0.2, -0.15) is 0 Å². The van der Waals surface area contributed by atoms with Crippen LogP contribution >= 0.6 is 0 Å². The average molecular weight is 368 g/mol. The Hall–Kier alpha value is -3.48. The first kappa shape index (κ1) is 18.3. The van der Waals surface area contributed by atoms with E-state index in [4.69, 9.17) is 4.74 Å². The Labute approximate surface area is 154 Å². The smallest absolute Gasteiger partial charge is 0.347 e. The number of carbonyl (C=O) groups is 1. The predicted molar refractivity (Wildman–Crippen MR) is 99.2 cm³/mol. The number of aromatic nitrogens is 2. The van der Waals surface area contributed by atoms with Crippen LogP contribution < -0.4 is 5.56 Å². The van der Waals surface area contributed by atoms with Gasteiger partial charge in [-0.15, -0.1) is 6.58 Å². The summed E-state index contributed by atoms with van der Waals surface area (Å²) in [4.78, 5) is 29.1. The fourth-order valence-electron chi connectivity index (χ4n) is 2.80. The summed E-state index contributed by atoms with van der Waals surface area (Å²) in [6, 6.07) is 7.35. The van der Waals surface area contributed by atoms with Crippen molar-refractivity contribution in [1.82, 2.24) is 9.55 Å². The molecule has 138 valence electrons. The number of esters is 1. The Balaban J connectivity index is 2.31. The molecule has 0 bridgehead atoms. The number of benzene rings is 1. The fraction of sp³-hybridized carbons (Fsp3) is 0.150. The van der Waals surface area contributed by atoms with Gasteiger partial charge < -0.3 is 9.84 Å². The van der Waals surface area contributed by atoms with Crippen LogP contribution in [-0.2, 0) is 11.3 Å². The van der Waals surface area contributed by atoms with E-state index in [0.717, 1.165) is 0 Å². The summed E-state index contributed by atoms with van der Waals surface area (Å²) >= 11 is 0. The summed E-state index contributed by atoms with van der Waals surface area (Å²) in [5, 5.41) is 10.8. The van der Waals surface area contributed by atoms with Gasteiger partial charge in [0.2, 0.25) is 0 Å². The number of hydrogen-bond donors (Lipinski definition) is 1. The Kier molecular flexibility index (Phi) is 5.03. The molecule has 27 heavy (non-hydrogen) atoms. The highest BCUT2D eigenvalue weighted by atomic mass is 19.1. The molecule has 0 aliphatic rings. The summed E-state index contributed by atoms with van der Waals surface area (Å²) in [6.45, 7) is 5.38. The predicted octanol–water partition coefficient (Wildman–Crippen LogP) is 3.27. The number of aromatic hydroxyl groups is 1. The maximum Gasteiger partial charge on any atom is 0.347 e. The Morgan fingerprint density at radius 1 is 1.33 bits per heavy atom. The Morgan fingerprint density at radius 2 is 2.04 bits per heavy atom. The van der Waals surface area contributed by atoms with Crippen molar-refractivity contribution in [2.24, 2.45) is 0 Å². The van der Waals surface area contributed by atoms with Gasteiger partial charge in [0, 0.05) is 18.3 Å². The molecule has 0 aliphatic carbocycles. The van der Waals surface area contributed by atoms with Gasteiger partial charge in [0.1, 0.15) is 17.2 Å². The second kappa shape index (κ2) is 7.41. The Bertz CT molecular complexity index is 1090. The molecule has 0 saturated carbocycles. The summed E-state index contributed by atoms with van der Waals surface area (Å²) in [5.41, 5.74) is 0.307. The van der Waals surface area contributed by atoms with Crippen molar-refractivity contribution < 1.29 is 19.0 Å². The molecular weight excluding hydrogens is 351 g/mol. The van der Waals surface area contributed by atoms with E-state index >= 15 is 0 Å². The normalized spacial score (nSPS) is 10.7. The highest BCUT2D eigenvalue weighted by Gasteiger charge is 2.24. The molecule has 0 radical (unpaired) electrons. The van der Waals surface area contributed by atoms with E-state index in [0.29, 0.717) is 11.1 Å². The molecule has 3 aromatic rings. The zero-order chi connectivity index (χ0) is 19.6. The molecule has 1 N–H and O–H groups in total. The standard InChI is InChI=1S/C20H17FN2O4/c1-3-9-23-18-15(17(24)16(19(23)25)20(26)27-4-2)10-13(11-22-18)12-5-7-14(21)8-6-12/h3,5-8,10-11,24H,1,4,9H2,2H3. The van der Waals surface area contributed by atoms with Crippen LogP contribution in [0.15, 0.2) is 54.0 Å². The number of ether oxygens (including phenoxy) is 1. The monoisotopic (exact) mass is 368 g/mol. The number of nitrogens with zero attached hydrogens (tertiary/aromatic N) is 2. The molecule has 3 rings (SSSR count). The highest BCUT2D eigenvalue weighted by Crippen LogP contribution is 2.30. The number of rotatable bonds is 5. The van der Waals surface area contributed by atoms with Crippen molar-refractivity contribution >= 4 is 17.0 Å². The molecule has 0 amide bonds. The van der Waals surface area contributed by atoms with Gasteiger partial charge in [0.15, 0.2) is 5.56 Å². The number of hydrogen-bond acceptors (Lipinski definition) is 5. The molecule has 6 nitrogen and oxygen atoms in total. The van der Waals surface area contributed by atoms with E-state index in [1.807, 2.05) is 0 Å². The van der Waals surface area contributed by atoms with Gasteiger partial charge in [-0.05, 0) is 30.7 Å². The van der Waals surface area contributed by atoms with Crippen molar-refractivity contribution in [3.63, 3.8) is 0 Å². The third-order valence-electron chi connectivity index (χ3n) is 4.04. The lowest BCUT2D eigenvalue weighted by molar-refractivity contribution is 0.0520. The van der Waals surface area contributed by atoms with Crippen molar-refractivity contribution in [3.05, 3.63) is 70.9 Å². The van der Waals surface area contributed by atoms with Crippen molar-refractivity contribution in [2.45, 2.75) is 13.5 Å². The minimum absolute atomic E-state index is 0.0606. The van der Waals surface area contributed by atoms with Crippen LogP contribution in [0.25, 0.3) is 22.2 Å². The number of carbonyl (C=O) groups excluding carboxylic acids is 1. The molecule has 0 aliphatic heterocycles. The van der Waals surface area contributed by atoms with Crippen LogP contribution in [0.2, 0.25) is 0 Å². The lowest BCUT2D eigenvalue weighted by Gasteiger charge is -2.13. The summed E-state index contributed by atoms with van der Waals surface area (Å²) < 4.78 is 19.3. The van der Waals surface area contributed by atoms with E-state index in [1.165, 1.54) is 29.0 Å². The van der Waals surface area contributed by atoms with E-state index in [2.05, 4.69) is 11.6 Å². The van der Waals surface area contributed by atoms with Gasteiger partial charge in [-0.25, -0.2) is 14.2 Å². The maximum atomic E-state index is 13.2. The lowest BCUT2D eigenvalue weighted by Crippen LogP contribution is -2.28. The molecule has 0 spiro atoms. The zero-order valence-corrected chi connectivity index (χ0v) is 14.6. The van der Waals surface area contributed by atoms with Crippen molar-refractivity contribution in [1.29, 1.82) is 0 Å². The van der Waals surface area contributed by atoms with Crippen LogP contribution in [-0.4, -0.2) is 27.2 Å². The first-order chi connectivity index (χ1) is 13.0. The van der Waals surface area contributed by atoms with Gasteiger partial charge in [0.25, 0.3) is 5.56 Å². The number of pyridine rings is 2. The minimum Gasteiger partial charge on any atom is -0.506 e. The van der Waals surface area contributed by atoms with Gasteiger partial charge >= 0.3 is 5.97 Å². The minimum atomic E-state index is -0.910. The topological polar surface area (TPSA) is 81.4 Å². The van der Waals surface area contributed by atoms with E-state index in [9.17, 15) is 19.1 Å². The van der Waals surface area contributed by atoms with E-state index in [-0.39, 0.29) is 30.0 Å². The summed E-state index contributed by atoms with van der Waals surface area (Å²) in [6.07, 6.45) is 3.00. The molecule has 0 saturated heterocycles. The lowest BCUT2D eigenvalue weighted by atomic mass is 10.0. The molecule has 1 aromatic carbocycles. The highest BCUT2D eigenvalue weighted by molar-refractivity contribution is 5.99. The molecule has 2 aromatic heterocycles. The quantitative estimate of drug-likeness (QED) is 0.552. The zero-order valence-electron chi connectivity index (χ0n) is 14.6. The van der Waals surface area contributed by atoms with Gasteiger partial charge in [-0.1, -0.05) is 18.2 Å². The molecule has 7 heteroatoms. The SMILES string of the molecule is C=CCn1c(=O)c(C(=O)OCC)c(O)c2cc(-c3ccc(F)cc3)cnc21. The second-order valence-electron chi connectivity index (χ2n) is 5.75. The molecule has 0 fully saturated rings. The fourth-order valence-corrected chi connectivity index (χ4v) is 2.80. The van der Waals surface area contributed by atoms with Crippen LogP contribution in [0.1, 0.15) is 17.3 Å². The molecule has 0 unspecified atom stereocenters. The third kappa shape index (κ3) is 3.31. The Morgan fingerprint density at radius 3 is 2.67 bits per heavy atom. The van der Waals surface area contributed by atoms with Crippen molar-refractivity contribution in [2.75, 3.05) is 6.61 Å². The molecular formula is C20H17FN2O4. The first-order valence-electron chi connectivity index (χ1n) is 8.27. The van der Waals surface area contributed by atoms with Crippen LogP contribution in [0, 0.1) is 5.82 Å². The van der Waals surface area contributed by atoms with Crippen LogP contribution in [0.4, 0.5) is 4.39 Å². The van der Waals surface area contributed by atoms with Gasteiger partial charge in [0.05, 0.1) is 12.0 Å². The maximum absolute atomic E-state index is 13.2. The molecule has 0 atom stereocenters. The number of halogens is 1. The van der Waals surface area contributed by atoms with Gasteiger partial charge in [-0.3, -0.25) is 9.36 Å². The summed E-state index contributed by atoms with van der Waals surface area (Å²) in [5.74, 6) is -1.78. The van der Waals surface area contributed by atoms with E-state index < -0.39 is 22.8 Å². The largest absolute Gasteiger partial charge is 0.506 e. The second-order valence-corrected chi connectivity index (χ2v) is 5.75.